The third-order valence-corrected chi connectivity index (χ3v) is 5.86. The van der Waals surface area contributed by atoms with Gasteiger partial charge < -0.3 is 14.3 Å². The van der Waals surface area contributed by atoms with Gasteiger partial charge in [-0.1, -0.05) is 37.1 Å². The summed E-state index contributed by atoms with van der Waals surface area (Å²) >= 11 is 0. The predicted molar refractivity (Wildman–Crippen MR) is 89.6 cm³/mol. The van der Waals surface area contributed by atoms with Crippen molar-refractivity contribution < 1.29 is 19.1 Å². The summed E-state index contributed by atoms with van der Waals surface area (Å²) in [5, 5.41) is 11.2. The fraction of sp³-hybridized carbons (Fsp3) is 0.737. The number of carbonyl (C=O) groups excluding carboxylic acids is 1. The van der Waals surface area contributed by atoms with Gasteiger partial charge in [0.2, 0.25) is 0 Å². The van der Waals surface area contributed by atoms with E-state index < -0.39 is 5.60 Å². The molecular weight excluding hydrogens is 290 g/mol. The van der Waals surface area contributed by atoms with Crippen LogP contribution in [0.3, 0.4) is 0 Å². The number of hydrogen-bond donors (Lipinski definition) is 1. The quantitative estimate of drug-likeness (QED) is 0.639. The first-order valence-corrected chi connectivity index (χ1v) is 8.99. The van der Waals surface area contributed by atoms with Crippen LogP contribution in [0, 0.1) is 11.8 Å². The molecule has 1 aliphatic heterocycles. The molecule has 0 aromatic carbocycles. The van der Waals surface area contributed by atoms with Gasteiger partial charge in [-0.15, -0.1) is 0 Å². The molecule has 2 fully saturated rings. The minimum absolute atomic E-state index is 0.0279. The number of aliphatic hydroxyl groups is 1. The van der Waals surface area contributed by atoms with Gasteiger partial charge in [-0.2, -0.15) is 0 Å². The minimum atomic E-state index is -0.880. The van der Waals surface area contributed by atoms with Crippen LogP contribution >= 0.6 is 0 Å². The molecule has 1 heterocycles. The first-order chi connectivity index (χ1) is 10.9. The van der Waals surface area contributed by atoms with E-state index in [0.29, 0.717) is 0 Å². The lowest BCUT2D eigenvalue weighted by molar-refractivity contribution is -0.879. The monoisotopic (exact) mass is 320 g/mol. The highest BCUT2D eigenvalue weighted by atomic mass is 16.5. The van der Waals surface area contributed by atoms with Crippen molar-refractivity contribution in [1.29, 1.82) is 0 Å². The molecule has 2 aliphatic carbocycles. The molecule has 3 atom stereocenters. The Morgan fingerprint density at radius 2 is 2.00 bits per heavy atom. The van der Waals surface area contributed by atoms with Crippen LogP contribution in [0.4, 0.5) is 0 Å². The summed E-state index contributed by atoms with van der Waals surface area (Å²) in [6.45, 7) is 1.94. The average molecular weight is 320 g/mol. The van der Waals surface area contributed by atoms with Gasteiger partial charge in [-0.3, -0.25) is 4.79 Å². The van der Waals surface area contributed by atoms with Crippen molar-refractivity contribution in [3.05, 3.63) is 24.3 Å². The summed E-state index contributed by atoms with van der Waals surface area (Å²) in [6, 6.07) is 0. The number of allylic oxidation sites excluding steroid dienone is 2. The van der Waals surface area contributed by atoms with Crippen molar-refractivity contribution in [1.82, 2.24) is 0 Å². The maximum atomic E-state index is 12.4. The third kappa shape index (κ3) is 3.69. The molecule has 3 aliphatic rings. The number of nitrogens with zero attached hydrogens (tertiary/aromatic N) is 1. The number of ether oxygens (including phenoxy) is 1. The Kier molecular flexibility index (Phi) is 4.65. The van der Waals surface area contributed by atoms with Gasteiger partial charge in [0.05, 0.1) is 32.7 Å². The molecule has 1 saturated heterocycles. The van der Waals surface area contributed by atoms with Crippen molar-refractivity contribution in [2.24, 2.45) is 11.8 Å². The van der Waals surface area contributed by atoms with Crippen molar-refractivity contribution in [2.75, 3.05) is 27.2 Å². The molecule has 0 radical (unpaired) electrons. The Morgan fingerprint density at radius 3 is 2.65 bits per heavy atom. The third-order valence-electron chi connectivity index (χ3n) is 5.86. The van der Waals surface area contributed by atoms with Crippen molar-refractivity contribution in [3.63, 3.8) is 0 Å². The van der Waals surface area contributed by atoms with E-state index in [4.69, 9.17) is 4.74 Å². The first kappa shape index (κ1) is 16.7. The summed E-state index contributed by atoms with van der Waals surface area (Å²) < 4.78 is 6.59. The highest BCUT2D eigenvalue weighted by Crippen LogP contribution is 2.42. The average Bonchev–Trinajstić information content (AvgIpc) is 3.11. The highest BCUT2D eigenvalue weighted by Gasteiger charge is 2.44. The molecule has 1 N–H and O–H groups in total. The van der Waals surface area contributed by atoms with E-state index in [2.05, 4.69) is 14.1 Å². The second-order valence-electron chi connectivity index (χ2n) is 8.17. The molecule has 0 amide bonds. The zero-order valence-corrected chi connectivity index (χ0v) is 14.4. The Hall–Kier alpha value is -1.13. The topological polar surface area (TPSA) is 46.5 Å². The zero-order chi connectivity index (χ0) is 16.5. The summed E-state index contributed by atoms with van der Waals surface area (Å²) in [6.07, 6.45) is 13.4. The number of rotatable bonds is 4. The Labute approximate surface area is 139 Å². The molecule has 0 aromatic rings. The van der Waals surface area contributed by atoms with Crippen LogP contribution in [0.2, 0.25) is 0 Å². The van der Waals surface area contributed by atoms with Gasteiger partial charge in [-0.05, 0) is 18.8 Å². The summed E-state index contributed by atoms with van der Waals surface area (Å²) in [5.41, 5.74) is -0.880. The number of esters is 1. The molecule has 3 unspecified atom stereocenters. The van der Waals surface area contributed by atoms with E-state index in [-0.39, 0.29) is 30.3 Å². The highest BCUT2D eigenvalue weighted by molar-refractivity contribution is 5.70. The predicted octanol–water partition coefficient (Wildman–Crippen LogP) is 2.43. The normalized spacial score (nSPS) is 36.5. The van der Waals surface area contributed by atoms with Gasteiger partial charge in [0.15, 0.2) is 6.10 Å². The molecule has 0 aromatic heterocycles. The lowest BCUT2D eigenvalue weighted by Crippen LogP contribution is -2.44. The molecule has 0 spiro atoms. The van der Waals surface area contributed by atoms with Gasteiger partial charge in [-0.25, -0.2) is 0 Å². The van der Waals surface area contributed by atoms with Gasteiger partial charge in [0, 0.05) is 12.3 Å². The SMILES string of the molecule is C[N+]1(C)CCC(OC(=O)CC2C=CC=CC2(O)C2CCCC2)C1. The zero-order valence-electron chi connectivity index (χ0n) is 14.4. The van der Waals surface area contributed by atoms with E-state index >= 15 is 0 Å². The Balaban J connectivity index is 1.60. The number of carbonyl (C=O) groups is 1. The number of quaternary nitrogens is 1. The summed E-state index contributed by atoms with van der Waals surface area (Å²) in [4.78, 5) is 12.4. The second kappa shape index (κ2) is 6.40. The van der Waals surface area contributed by atoms with Crippen molar-refractivity contribution in [3.8, 4) is 0 Å². The maximum absolute atomic E-state index is 12.4. The van der Waals surface area contributed by atoms with Crippen LogP contribution in [0.1, 0.15) is 38.5 Å². The lowest BCUT2D eigenvalue weighted by Gasteiger charge is -2.38. The van der Waals surface area contributed by atoms with Crippen LogP contribution in [0.15, 0.2) is 24.3 Å². The smallest absolute Gasteiger partial charge is 0.307 e. The first-order valence-electron chi connectivity index (χ1n) is 8.99. The van der Waals surface area contributed by atoms with E-state index in [1.54, 1.807) is 0 Å². The second-order valence-corrected chi connectivity index (χ2v) is 8.17. The van der Waals surface area contributed by atoms with E-state index in [1.807, 2.05) is 24.3 Å². The molecule has 4 nitrogen and oxygen atoms in total. The minimum Gasteiger partial charge on any atom is -0.456 e. The maximum Gasteiger partial charge on any atom is 0.307 e. The van der Waals surface area contributed by atoms with Crippen LogP contribution < -0.4 is 0 Å². The fourth-order valence-corrected chi connectivity index (χ4v) is 4.48. The largest absolute Gasteiger partial charge is 0.456 e. The van der Waals surface area contributed by atoms with Crippen LogP contribution in [-0.2, 0) is 9.53 Å². The fourth-order valence-electron chi connectivity index (χ4n) is 4.48. The summed E-state index contributed by atoms with van der Waals surface area (Å²) in [7, 11) is 4.34. The van der Waals surface area contributed by atoms with E-state index in [9.17, 15) is 9.90 Å². The van der Waals surface area contributed by atoms with Gasteiger partial charge in [0.25, 0.3) is 0 Å². The van der Waals surface area contributed by atoms with Crippen molar-refractivity contribution in [2.45, 2.75) is 50.2 Å². The van der Waals surface area contributed by atoms with Crippen molar-refractivity contribution >= 4 is 5.97 Å². The molecule has 4 heteroatoms. The Morgan fingerprint density at radius 1 is 1.26 bits per heavy atom. The number of likely N-dealkylation sites (tertiary alicyclic amines) is 1. The van der Waals surface area contributed by atoms with E-state index in [1.165, 1.54) is 12.8 Å². The number of hydrogen-bond acceptors (Lipinski definition) is 3. The molecule has 0 bridgehead atoms. The van der Waals surface area contributed by atoms with Crippen LogP contribution in [0.25, 0.3) is 0 Å². The molecular formula is C19H30NO3+. The van der Waals surface area contributed by atoms with Gasteiger partial charge >= 0.3 is 5.97 Å². The van der Waals surface area contributed by atoms with Gasteiger partial charge in [0.1, 0.15) is 6.54 Å². The summed E-state index contributed by atoms with van der Waals surface area (Å²) in [5.74, 6) is -0.0612. The standard InChI is InChI=1S/C19H30NO3/c1-20(2)12-10-17(14-20)23-18(21)13-16-9-5-6-11-19(16,22)15-7-3-4-8-15/h5-6,9,11,15-17,22H,3-4,7-8,10,12-14H2,1-2H3/q+1. The molecule has 1 saturated carbocycles. The molecule has 128 valence electrons. The Bertz CT molecular complexity index is 505. The molecule has 23 heavy (non-hydrogen) atoms. The van der Waals surface area contributed by atoms with E-state index in [0.717, 1.165) is 36.8 Å². The van der Waals surface area contributed by atoms with Crippen LogP contribution in [0.5, 0.6) is 0 Å². The molecule has 3 rings (SSSR count). The van der Waals surface area contributed by atoms with Crippen LogP contribution in [-0.4, -0.2) is 54.4 Å². The lowest BCUT2D eigenvalue weighted by atomic mass is 9.72. The number of likely N-dealkylation sites (N-methyl/N-ethyl adjacent to an activating group) is 1.